The van der Waals surface area contributed by atoms with Gasteiger partial charge in [-0.05, 0) is 26.2 Å². The molecule has 27 heavy (non-hydrogen) atoms. The van der Waals surface area contributed by atoms with E-state index in [1.807, 2.05) is 13.0 Å². The summed E-state index contributed by atoms with van der Waals surface area (Å²) in [7, 11) is -0.381. The van der Waals surface area contributed by atoms with Crippen molar-refractivity contribution >= 4 is 16.0 Å². The average molecular weight is 398 g/mol. The number of hydrogen-bond acceptors (Lipinski definition) is 6. The maximum atomic E-state index is 12.5. The molecule has 3 rings (SSSR count). The molecule has 1 N–H and O–H groups in total. The Kier molecular flexibility index (Phi) is 5.77. The van der Waals surface area contributed by atoms with Crippen LogP contribution in [0.1, 0.15) is 37.7 Å². The summed E-state index contributed by atoms with van der Waals surface area (Å²) >= 11 is 0. The molecule has 0 aliphatic carbocycles. The molecule has 1 aromatic rings. The molecular formula is C18H31N5O3S. The molecule has 0 spiro atoms. The standard InChI is InChI=1S/C18H31N5O3S/c1-5-6-16-19-14(2)11-17(20-16)22-9-7-18(24)8-10-23(13-15(18)12-22)27(25,26)21(3)4/h11,15,24H,5-10,12-13H2,1-4H3/t15-,18-/m0/s1. The second kappa shape index (κ2) is 7.62. The van der Waals surface area contributed by atoms with Crippen LogP contribution in [-0.2, 0) is 16.6 Å². The summed E-state index contributed by atoms with van der Waals surface area (Å²) in [6.07, 6.45) is 2.93. The van der Waals surface area contributed by atoms with E-state index in [-0.39, 0.29) is 5.92 Å². The molecule has 2 fully saturated rings. The van der Waals surface area contributed by atoms with Gasteiger partial charge in [0.1, 0.15) is 11.6 Å². The van der Waals surface area contributed by atoms with Gasteiger partial charge in [0.05, 0.1) is 5.60 Å². The molecule has 2 saturated heterocycles. The van der Waals surface area contributed by atoms with Crippen LogP contribution in [0.2, 0.25) is 0 Å². The lowest BCUT2D eigenvalue weighted by atomic mass is 9.76. The van der Waals surface area contributed by atoms with Gasteiger partial charge in [-0.2, -0.15) is 17.0 Å². The van der Waals surface area contributed by atoms with Crippen LogP contribution in [0.15, 0.2) is 6.07 Å². The zero-order valence-electron chi connectivity index (χ0n) is 16.7. The van der Waals surface area contributed by atoms with Crippen LogP contribution in [0, 0.1) is 12.8 Å². The number of fused-ring (bicyclic) bond motifs is 1. The van der Waals surface area contributed by atoms with Crippen LogP contribution in [0.25, 0.3) is 0 Å². The Hall–Kier alpha value is -1.29. The molecule has 2 atom stereocenters. The van der Waals surface area contributed by atoms with E-state index >= 15 is 0 Å². The van der Waals surface area contributed by atoms with Crippen LogP contribution >= 0.6 is 0 Å². The van der Waals surface area contributed by atoms with Crippen molar-refractivity contribution in [3.8, 4) is 0 Å². The number of aliphatic hydroxyl groups is 1. The summed E-state index contributed by atoms with van der Waals surface area (Å²) in [4.78, 5) is 11.4. The molecular weight excluding hydrogens is 366 g/mol. The SMILES string of the molecule is CCCc1nc(C)cc(N2CC[C@]3(O)CCN(S(=O)(=O)N(C)C)C[C@@H]3C2)n1. The fourth-order valence-electron chi connectivity index (χ4n) is 4.03. The van der Waals surface area contributed by atoms with Gasteiger partial charge in [-0.3, -0.25) is 0 Å². The van der Waals surface area contributed by atoms with Crippen molar-refractivity contribution in [1.29, 1.82) is 0 Å². The number of hydrogen-bond donors (Lipinski definition) is 1. The molecule has 9 heteroatoms. The predicted molar refractivity (Wildman–Crippen MR) is 105 cm³/mol. The van der Waals surface area contributed by atoms with Crippen molar-refractivity contribution in [3.63, 3.8) is 0 Å². The molecule has 0 radical (unpaired) electrons. The van der Waals surface area contributed by atoms with Gasteiger partial charge in [0.2, 0.25) is 0 Å². The first-order valence-corrected chi connectivity index (χ1v) is 11.0. The van der Waals surface area contributed by atoms with E-state index in [9.17, 15) is 13.5 Å². The highest BCUT2D eigenvalue weighted by molar-refractivity contribution is 7.86. The first kappa shape index (κ1) is 20.4. The van der Waals surface area contributed by atoms with E-state index < -0.39 is 15.8 Å². The van der Waals surface area contributed by atoms with E-state index in [0.29, 0.717) is 32.5 Å². The lowest BCUT2D eigenvalue weighted by Gasteiger charge is -2.50. The smallest absolute Gasteiger partial charge is 0.281 e. The third-order valence-corrected chi connectivity index (χ3v) is 7.61. The number of aryl methyl sites for hydroxylation is 2. The maximum absolute atomic E-state index is 12.5. The van der Waals surface area contributed by atoms with E-state index in [1.54, 1.807) is 14.1 Å². The van der Waals surface area contributed by atoms with Crippen molar-refractivity contribution < 1.29 is 13.5 Å². The van der Waals surface area contributed by atoms with E-state index in [4.69, 9.17) is 4.98 Å². The van der Waals surface area contributed by atoms with Crippen LogP contribution < -0.4 is 4.90 Å². The fraction of sp³-hybridized carbons (Fsp3) is 0.778. The normalized spacial score (nSPS) is 27.0. The van der Waals surface area contributed by atoms with Crippen LogP contribution in [0.5, 0.6) is 0 Å². The van der Waals surface area contributed by atoms with Crippen LogP contribution in [0.3, 0.4) is 0 Å². The van der Waals surface area contributed by atoms with Gasteiger partial charge in [-0.1, -0.05) is 6.92 Å². The monoisotopic (exact) mass is 397 g/mol. The molecule has 1 aromatic heterocycles. The van der Waals surface area contributed by atoms with Crippen molar-refractivity contribution in [1.82, 2.24) is 18.6 Å². The minimum atomic E-state index is -3.47. The Morgan fingerprint density at radius 1 is 1.26 bits per heavy atom. The number of anilines is 1. The van der Waals surface area contributed by atoms with Crippen molar-refractivity contribution in [2.45, 2.75) is 45.1 Å². The first-order valence-electron chi connectivity index (χ1n) is 9.65. The van der Waals surface area contributed by atoms with Gasteiger partial charge in [0.15, 0.2) is 0 Å². The Morgan fingerprint density at radius 3 is 2.63 bits per heavy atom. The van der Waals surface area contributed by atoms with Crippen LogP contribution in [0.4, 0.5) is 5.82 Å². The van der Waals surface area contributed by atoms with Crippen LogP contribution in [-0.4, -0.2) is 78.0 Å². The maximum Gasteiger partial charge on any atom is 0.281 e. The second-order valence-corrected chi connectivity index (χ2v) is 10.1. The molecule has 0 aromatic carbocycles. The third kappa shape index (κ3) is 4.11. The highest BCUT2D eigenvalue weighted by Gasteiger charge is 2.47. The van der Waals surface area contributed by atoms with Gasteiger partial charge in [0, 0.05) is 64.4 Å². The molecule has 0 bridgehead atoms. The Labute approximate surface area is 162 Å². The lowest BCUT2D eigenvalue weighted by molar-refractivity contribution is -0.0695. The molecule has 0 saturated carbocycles. The average Bonchev–Trinajstić information content (AvgIpc) is 2.60. The summed E-state index contributed by atoms with van der Waals surface area (Å²) in [5, 5.41) is 11.1. The van der Waals surface area contributed by atoms with Crippen molar-refractivity contribution in [2.24, 2.45) is 5.92 Å². The number of piperidine rings is 2. The summed E-state index contributed by atoms with van der Waals surface area (Å²) < 4.78 is 27.8. The van der Waals surface area contributed by atoms with E-state index in [1.165, 1.54) is 8.61 Å². The summed E-state index contributed by atoms with van der Waals surface area (Å²) in [5.41, 5.74) is 0.133. The van der Waals surface area contributed by atoms with E-state index in [2.05, 4.69) is 16.8 Å². The second-order valence-electron chi connectivity index (χ2n) is 7.93. The van der Waals surface area contributed by atoms with Gasteiger partial charge in [-0.25, -0.2) is 9.97 Å². The topological polar surface area (TPSA) is 89.9 Å². The molecule has 0 amide bonds. The van der Waals surface area contributed by atoms with Gasteiger partial charge in [-0.15, -0.1) is 0 Å². The Balaban J connectivity index is 1.80. The minimum absolute atomic E-state index is 0.139. The zero-order chi connectivity index (χ0) is 19.8. The van der Waals surface area contributed by atoms with Crippen molar-refractivity contribution in [3.05, 3.63) is 17.6 Å². The van der Waals surface area contributed by atoms with Gasteiger partial charge in [0.25, 0.3) is 10.2 Å². The predicted octanol–water partition coefficient (Wildman–Crippen LogP) is 0.807. The highest BCUT2D eigenvalue weighted by Crippen LogP contribution is 2.37. The van der Waals surface area contributed by atoms with Gasteiger partial charge >= 0.3 is 0 Å². The summed E-state index contributed by atoms with van der Waals surface area (Å²) in [6.45, 7) is 6.08. The number of rotatable bonds is 5. The molecule has 2 aliphatic rings. The molecule has 3 heterocycles. The summed E-state index contributed by atoms with van der Waals surface area (Å²) in [5.74, 6) is 1.58. The molecule has 0 unspecified atom stereocenters. The Morgan fingerprint density at radius 2 is 1.96 bits per heavy atom. The summed E-state index contributed by atoms with van der Waals surface area (Å²) in [6, 6.07) is 1.97. The van der Waals surface area contributed by atoms with E-state index in [0.717, 1.165) is 36.7 Å². The first-order chi connectivity index (χ1) is 12.7. The van der Waals surface area contributed by atoms with Gasteiger partial charge < -0.3 is 10.0 Å². The third-order valence-electron chi connectivity index (χ3n) is 5.71. The number of nitrogens with zero attached hydrogens (tertiary/aromatic N) is 5. The largest absolute Gasteiger partial charge is 0.389 e. The molecule has 2 aliphatic heterocycles. The zero-order valence-corrected chi connectivity index (χ0v) is 17.5. The molecule has 8 nitrogen and oxygen atoms in total. The Bertz CT molecular complexity index is 785. The number of aromatic nitrogens is 2. The van der Waals surface area contributed by atoms with Crippen molar-refractivity contribution in [2.75, 3.05) is 45.2 Å². The quantitative estimate of drug-likeness (QED) is 0.791. The minimum Gasteiger partial charge on any atom is -0.389 e. The highest BCUT2D eigenvalue weighted by atomic mass is 32.2. The molecule has 152 valence electrons. The lowest BCUT2D eigenvalue weighted by Crippen LogP contribution is -2.61. The fourth-order valence-corrected chi connectivity index (χ4v) is 5.18.